The molecule has 0 unspecified atom stereocenters. The van der Waals surface area contributed by atoms with Crippen molar-refractivity contribution in [3.63, 3.8) is 0 Å². The zero-order chi connectivity index (χ0) is 10.7. The number of alkyl carbamates (subject to hydrolysis) is 1. The van der Waals surface area contributed by atoms with Gasteiger partial charge in [-0.25, -0.2) is 4.79 Å². The highest BCUT2D eigenvalue weighted by atomic mass is 16.6. The number of esters is 1. The maximum atomic E-state index is 11.4. The number of amides is 1. The van der Waals surface area contributed by atoms with Crippen LogP contribution in [-0.2, 0) is 14.3 Å². The Labute approximate surface area is 87.3 Å². The van der Waals surface area contributed by atoms with Gasteiger partial charge in [0.1, 0.15) is 12.6 Å². The van der Waals surface area contributed by atoms with Gasteiger partial charge < -0.3 is 20.1 Å². The second-order valence-electron chi connectivity index (χ2n) is 3.69. The third kappa shape index (κ3) is 2.59. The smallest absolute Gasteiger partial charge is 0.407 e. The summed E-state index contributed by atoms with van der Waals surface area (Å²) in [7, 11) is 0. The predicted molar refractivity (Wildman–Crippen MR) is 50.3 cm³/mol. The summed E-state index contributed by atoms with van der Waals surface area (Å²) in [4.78, 5) is 22.1. The van der Waals surface area contributed by atoms with Crippen LogP contribution in [0.3, 0.4) is 0 Å². The lowest BCUT2D eigenvalue weighted by molar-refractivity contribution is -0.148. The van der Waals surface area contributed by atoms with Crippen molar-refractivity contribution >= 4 is 12.1 Å². The summed E-state index contributed by atoms with van der Waals surface area (Å²) in [5, 5.41) is 5.54. The Morgan fingerprint density at radius 1 is 1.60 bits per heavy atom. The highest BCUT2D eigenvalue weighted by Gasteiger charge is 2.27. The highest BCUT2D eigenvalue weighted by Crippen LogP contribution is 2.08. The normalized spacial score (nSPS) is 29.7. The molecule has 0 bridgehead atoms. The molecule has 6 heteroatoms. The minimum Gasteiger partial charge on any atom is -0.461 e. The second kappa shape index (κ2) is 4.48. The van der Waals surface area contributed by atoms with E-state index in [4.69, 9.17) is 9.47 Å². The van der Waals surface area contributed by atoms with Crippen molar-refractivity contribution in [1.82, 2.24) is 10.6 Å². The molecule has 15 heavy (non-hydrogen) atoms. The first-order valence-corrected chi connectivity index (χ1v) is 5.10. The molecule has 2 N–H and O–H groups in total. The lowest BCUT2D eigenvalue weighted by Crippen LogP contribution is -2.34. The first kappa shape index (κ1) is 10.2. The molecule has 0 saturated carbocycles. The maximum absolute atomic E-state index is 11.4. The van der Waals surface area contributed by atoms with Crippen LogP contribution in [-0.4, -0.2) is 43.9 Å². The summed E-state index contributed by atoms with van der Waals surface area (Å²) >= 11 is 0. The monoisotopic (exact) mass is 214 g/mol. The molecule has 0 aliphatic carbocycles. The summed E-state index contributed by atoms with van der Waals surface area (Å²) in [6.07, 6.45) is 1.03. The number of hydrogen-bond donors (Lipinski definition) is 2. The molecule has 0 radical (unpaired) electrons. The molecule has 84 valence electrons. The number of nitrogens with one attached hydrogen (secondary N) is 2. The van der Waals surface area contributed by atoms with Crippen LogP contribution in [0.5, 0.6) is 0 Å². The van der Waals surface area contributed by atoms with E-state index in [1.165, 1.54) is 0 Å². The van der Waals surface area contributed by atoms with Crippen LogP contribution in [0, 0.1) is 0 Å². The van der Waals surface area contributed by atoms with Crippen LogP contribution < -0.4 is 10.6 Å². The first-order valence-electron chi connectivity index (χ1n) is 5.10. The van der Waals surface area contributed by atoms with Crippen LogP contribution in [0.1, 0.15) is 12.8 Å². The van der Waals surface area contributed by atoms with Crippen molar-refractivity contribution < 1.29 is 19.1 Å². The summed E-state index contributed by atoms with van der Waals surface area (Å²) in [6, 6.07) is -0.185. The van der Waals surface area contributed by atoms with Crippen LogP contribution in [0.4, 0.5) is 4.79 Å². The number of carbonyl (C=O) groups excluding carboxylic acids is 2. The van der Waals surface area contributed by atoms with E-state index in [-0.39, 0.29) is 24.7 Å². The fourth-order valence-corrected chi connectivity index (χ4v) is 1.69. The van der Waals surface area contributed by atoms with Gasteiger partial charge in [0.05, 0.1) is 6.54 Å². The van der Waals surface area contributed by atoms with Gasteiger partial charge in [-0.15, -0.1) is 0 Å². The van der Waals surface area contributed by atoms with Crippen molar-refractivity contribution in [1.29, 1.82) is 0 Å². The molecule has 0 aromatic carbocycles. The second-order valence-corrected chi connectivity index (χ2v) is 3.69. The Bertz CT molecular complexity index is 263. The topological polar surface area (TPSA) is 76.7 Å². The van der Waals surface area contributed by atoms with Crippen molar-refractivity contribution in [3.8, 4) is 0 Å². The molecule has 2 heterocycles. The molecule has 0 spiro atoms. The van der Waals surface area contributed by atoms with Crippen LogP contribution in [0.15, 0.2) is 0 Å². The molecule has 6 nitrogen and oxygen atoms in total. The minimum absolute atomic E-state index is 0.135. The molecule has 0 aromatic rings. The fraction of sp³-hybridized carbons (Fsp3) is 0.778. The molecule has 2 aliphatic heterocycles. The van der Waals surface area contributed by atoms with Gasteiger partial charge in [0, 0.05) is 0 Å². The fourth-order valence-electron chi connectivity index (χ4n) is 1.69. The van der Waals surface area contributed by atoms with Crippen molar-refractivity contribution in [2.24, 2.45) is 0 Å². The summed E-state index contributed by atoms with van der Waals surface area (Å²) in [5.74, 6) is -0.254. The predicted octanol–water partition coefficient (Wildman–Crippen LogP) is -0.610. The molecular weight excluding hydrogens is 200 g/mol. The van der Waals surface area contributed by atoms with E-state index >= 15 is 0 Å². The van der Waals surface area contributed by atoms with Gasteiger partial charge in [-0.05, 0) is 19.4 Å². The average Bonchev–Trinajstić information content (AvgIpc) is 2.84. The van der Waals surface area contributed by atoms with E-state index in [2.05, 4.69) is 10.6 Å². The van der Waals surface area contributed by atoms with E-state index in [0.29, 0.717) is 6.54 Å². The number of rotatable bonds is 3. The van der Waals surface area contributed by atoms with Gasteiger partial charge in [0.2, 0.25) is 0 Å². The van der Waals surface area contributed by atoms with Crippen molar-refractivity contribution in [2.75, 3.05) is 19.7 Å². The minimum atomic E-state index is -0.449. The quantitative estimate of drug-likeness (QED) is 0.613. The molecule has 2 rings (SSSR count). The van der Waals surface area contributed by atoms with Gasteiger partial charge in [0.25, 0.3) is 0 Å². The molecule has 1 amide bonds. The first-order chi connectivity index (χ1) is 7.25. The van der Waals surface area contributed by atoms with Crippen LogP contribution >= 0.6 is 0 Å². The number of carbonyl (C=O) groups is 2. The third-order valence-electron chi connectivity index (χ3n) is 2.50. The summed E-state index contributed by atoms with van der Waals surface area (Å²) < 4.78 is 9.87. The standard InChI is InChI=1S/C9H14N2O4/c12-8(7-2-1-3-10-7)14-5-6-4-11-9(13)15-6/h6-7,10H,1-5H2,(H,11,13)/t6-,7+/m1/s1. The largest absolute Gasteiger partial charge is 0.461 e. The van der Waals surface area contributed by atoms with E-state index in [1.807, 2.05) is 0 Å². The lowest BCUT2D eigenvalue weighted by Gasteiger charge is -2.12. The van der Waals surface area contributed by atoms with Crippen molar-refractivity contribution in [3.05, 3.63) is 0 Å². The molecule has 2 fully saturated rings. The van der Waals surface area contributed by atoms with Crippen LogP contribution in [0.25, 0.3) is 0 Å². The number of cyclic esters (lactones) is 1. The Hall–Kier alpha value is -1.30. The number of hydrogen-bond acceptors (Lipinski definition) is 5. The van der Waals surface area contributed by atoms with Gasteiger partial charge in [-0.2, -0.15) is 0 Å². The van der Waals surface area contributed by atoms with E-state index < -0.39 is 6.09 Å². The van der Waals surface area contributed by atoms with E-state index in [1.54, 1.807) is 0 Å². The molecule has 2 aliphatic rings. The van der Waals surface area contributed by atoms with Gasteiger partial charge in [-0.3, -0.25) is 4.79 Å². The highest BCUT2D eigenvalue weighted by molar-refractivity contribution is 5.76. The SMILES string of the molecule is O=C1NC[C@H](COC(=O)[C@@H]2CCCN2)O1. The molecular formula is C9H14N2O4. The van der Waals surface area contributed by atoms with Gasteiger partial charge in [-0.1, -0.05) is 0 Å². The average molecular weight is 214 g/mol. The Morgan fingerprint density at radius 3 is 3.07 bits per heavy atom. The Kier molecular flexibility index (Phi) is 3.05. The van der Waals surface area contributed by atoms with Crippen molar-refractivity contribution in [2.45, 2.75) is 25.0 Å². The molecule has 2 atom stereocenters. The van der Waals surface area contributed by atoms with Gasteiger partial charge in [0.15, 0.2) is 6.10 Å². The third-order valence-corrected chi connectivity index (χ3v) is 2.50. The van der Waals surface area contributed by atoms with Crippen LogP contribution in [0.2, 0.25) is 0 Å². The van der Waals surface area contributed by atoms with Gasteiger partial charge >= 0.3 is 12.1 Å². The Morgan fingerprint density at radius 2 is 2.47 bits per heavy atom. The van der Waals surface area contributed by atoms with E-state index in [0.717, 1.165) is 19.4 Å². The molecule has 2 saturated heterocycles. The maximum Gasteiger partial charge on any atom is 0.407 e. The number of ether oxygens (including phenoxy) is 2. The van der Waals surface area contributed by atoms with E-state index in [9.17, 15) is 9.59 Å². The zero-order valence-electron chi connectivity index (χ0n) is 8.32. The summed E-state index contributed by atoms with van der Waals surface area (Å²) in [5.41, 5.74) is 0. The molecule has 0 aromatic heterocycles. The summed E-state index contributed by atoms with van der Waals surface area (Å²) in [6.45, 7) is 1.40. The Balaban J connectivity index is 1.68. The lowest BCUT2D eigenvalue weighted by atomic mass is 10.2. The zero-order valence-corrected chi connectivity index (χ0v) is 8.32.